The minimum Gasteiger partial charge on any atom is -0.492 e. The average Bonchev–Trinajstić information content (AvgIpc) is 3.84. The highest BCUT2D eigenvalue weighted by Crippen LogP contribution is 2.45. The van der Waals surface area contributed by atoms with Crippen molar-refractivity contribution in [3.05, 3.63) is 107 Å². The zero-order valence-electron chi connectivity index (χ0n) is 30.5. The number of ether oxygens (including phenoxy) is 2. The quantitative estimate of drug-likeness (QED) is 0.219. The van der Waals surface area contributed by atoms with Crippen LogP contribution in [0.25, 0.3) is 5.69 Å². The number of nitrogens with one attached hydrogen (secondary N) is 1. The number of hydrogen-bond acceptors (Lipinski definition) is 8. The van der Waals surface area contributed by atoms with E-state index in [1.54, 1.807) is 31.2 Å². The lowest BCUT2D eigenvalue weighted by molar-refractivity contribution is -0.137. The third-order valence-electron chi connectivity index (χ3n) is 10.3. The fraction of sp³-hybridized carbons (Fsp3) is 0.375. The summed E-state index contributed by atoms with van der Waals surface area (Å²) in [6.07, 6.45) is -3.70. The van der Waals surface area contributed by atoms with Crippen molar-refractivity contribution in [2.24, 2.45) is 0 Å². The smallest absolute Gasteiger partial charge is 0.416 e. The van der Waals surface area contributed by atoms with Crippen LogP contribution in [-0.4, -0.2) is 102 Å². The lowest BCUT2D eigenvalue weighted by Crippen LogP contribution is -2.55. The number of halogens is 4. The van der Waals surface area contributed by atoms with Crippen LogP contribution in [0.1, 0.15) is 63.2 Å². The average molecular weight is 774 g/mol. The summed E-state index contributed by atoms with van der Waals surface area (Å²) in [5, 5.41) is 17.4. The molecule has 3 aliphatic rings. The van der Waals surface area contributed by atoms with Gasteiger partial charge in [0.05, 0.1) is 30.5 Å². The van der Waals surface area contributed by atoms with Crippen molar-refractivity contribution < 1.29 is 41.4 Å². The topological polar surface area (TPSA) is 133 Å². The largest absolute Gasteiger partial charge is 0.492 e. The summed E-state index contributed by atoms with van der Waals surface area (Å²) in [5.74, 6) is -3.22. The second-order valence-corrected chi connectivity index (χ2v) is 13.7. The maximum atomic E-state index is 14.7. The summed E-state index contributed by atoms with van der Waals surface area (Å²) in [5.41, 5.74) is -0.493. The van der Waals surface area contributed by atoms with Gasteiger partial charge in [-0.1, -0.05) is 24.3 Å². The first-order chi connectivity index (χ1) is 27.0. The molecular weight excluding hydrogens is 734 g/mol. The third kappa shape index (κ3) is 7.69. The zero-order valence-corrected chi connectivity index (χ0v) is 30.5. The van der Waals surface area contributed by atoms with Gasteiger partial charge in [0, 0.05) is 55.8 Å². The molecule has 0 aliphatic carbocycles. The molecule has 7 rings (SSSR count). The van der Waals surface area contributed by atoms with E-state index in [0.717, 1.165) is 25.2 Å². The summed E-state index contributed by atoms with van der Waals surface area (Å²) in [7, 11) is 0. The Labute approximate surface area is 320 Å². The first kappa shape index (κ1) is 38.5. The van der Waals surface area contributed by atoms with Gasteiger partial charge in [-0.25, -0.2) is 9.07 Å². The molecule has 292 valence electrons. The van der Waals surface area contributed by atoms with Crippen LogP contribution in [0.3, 0.4) is 0 Å². The highest BCUT2D eigenvalue weighted by molar-refractivity contribution is 6.07. The normalized spacial score (nSPS) is 20.1. The molecule has 1 aromatic heterocycles. The molecule has 3 aromatic carbocycles. The zero-order chi connectivity index (χ0) is 39.6. The Morgan fingerprint density at radius 3 is 2.50 bits per heavy atom. The SMILES string of the molecule is CCN1C(=O)[C@@H](NC(=O)c2cccc(C(F)(F)F)c2)[C@@H](c2ccc(F)cc2)c2c(C(=O)N3CCC[C@H]3C#N)nn(-c3cccc(OCCN4CCOCC4)c3)c21. The Balaban J connectivity index is 1.36. The predicted octanol–water partition coefficient (Wildman–Crippen LogP) is 5.17. The summed E-state index contributed by atoms with van der Waals surface area (Å²) in [6, 6.07) is 16.0. The maximum Gasteiger partial charge on any atom is 0.416 e. The molecule has 0 unspecified atom stereocenters. The standard InChI is InChI=1S/C40H39F4N7O5/c1-2-49-37-33(32(25-11-13-28(41)14-12-25)34(38(49)53)46-36(52)26-6-3-7-27(22-26)40(42,43)44)35(39(54)50-15-5-9-30(50)24-45)47-51(37)29-8-4-10-31(23-29)56-21-18-48-16-19-55-20-17-48/h3-4,6-8,10-14,22-23,30,32,34H,2,5,9,15-21H2,1H3,(H,46,52)/t30-,32-,34-/m0/s1. The molecule has 1 N–H and O–H groups in total. The fourth-order valence-electron chi connectivity index (χ4n) is 7.53. The van der Waals surface area contributed by atoms with E-state index in [4.69, 9.17) is 14.6 Å². The first-order valence-corrected chi connectivity index (χ1v) is 18.4. The molecule has 3 aliphatic heterocycles. The minimum atomic E-state index is -4.73. The number of carbonyl (C=O) groups excluding carboxylic acids is 3. The van der Waals surface area contributed by atoms with Crippen molar-refractivity contribution in [3.8, 4) is 17.5 Å². The first-order valence-electron chi connectivity index (χ1n) is 18.4. The van der Waals surface area contributed by atoms with Crippen LogP contribution in [0.4, 0.5) is 23.4 Å². The molecule has 3 amide bonds. The number of morpholine rings is 1. The molecule has 4 aromatic rings. The van der Waals surface area contributed by atoms with Crippen LogP contribution >= 0.6 is 0 Å². The van der Waals surface area contributed by atoms with Crippen LogP contribution in [0, 0.1) is 17.1 Å². The van der Waals surface area contributed by atoms with E-state index in [9.17, 15) is 37.2 Å². The van der Waals surface area contributed by atoms with Gasteiger partial charge in [-0.05, 0) is 67.8 Å². The van der Waals surface area contributed by atoms with E-state index in [0.29, 0.717) is 62.3 Å². The Hall–Kier alpha value is -5.79. The molecule has 16 heteroatoms. The van der Waals surface area contributed by atoms with Gasteiger partial charge in [-0.2, -0.15) is 23.5 Å². The van der Waals surface area contributed by atoms with Crippen LogP contribution in [0.5, 0.6) is 5.75 Å². The van der Waals surface area contributed by atoms with Gasteiger partial charge in [0.25, 0.3) is 17.7 Å². The number of anilines is 1. The fourth-order valence-corrected chi connectivity index (χ4v) is 7.53. The number of likely N-dealkylation sites (N-methyl/N-ethyl adjacent to an activating group) is 1. The van der Waals surface area contributed by atoms with E-state index < -0.39 is 53.3 Å². The molecule has 3 atom stereocenters. The van der Waals surface area contributed by atoms with Gasteiger partial charge < -0.3 is 19.7 Å². The number of carbonyl (C=O) groups is 3. The van der Waals surface area contributed by atoms with Crippen molar-refractivity contribution in [1.29, 1.82) is 5.26 Å². The van der Waals surface area contributed by atoms with Crippen molar-refractivity contribution in [2.45, 2.75) is 43.9 Å². The molecule has 2 fully saturated rings. The number of benzene rings is 3. The van der Waals surface area contributed by atoms with E-state index >= 15 is 0 Å². The van der Waals surface area contributed by atoms with E-state index in [2.05, 4.69) is 16.3 Å². The number of aromatic nitrogens is 2. The van der Waals surface area contributed by atoms with Gasteiger partial charge >= 0.3 is 6.18 Å². The Morgan fingerprint density at radius 1 is 1.04 bits per heavy atom. The molecule has 0 bridgehead atoms. The van der Waals surface area contributed by atoms with Crippen LogP contribution in [0.2, 0.25) is 0 Å². The summed E-state index contributed by atoms with van der Waals surface area (Å²) >= 11 is 0. The Bertz CT molecular complexity index is 2150. The van der Waals surface area contributed by atoms with Gasteiger partial charge in [0.1, 0.15) is 36.1 Å². The van der Waals surface area contributed by atoms with Crippen LogP contribution in [-0.2, 0) is 15.7 Å². The molecule has 12 nitrogen and oxygen atoms in total. The molecular formula is C40H39F4N7O5. The summed E-state index contributed by atoms with van der Waals surface area (Å²) in [6.45, 7) is 5.95. The number of nitrogens with zero attached hydrogens (tertiary/aromatic N) is 6. The van der Waals surface area contributed by atoms with Crippen molar-refractivity contribution >= 4 is 23.5 Å². The summed E-state index contributed by atoms with van der Waals surface area (Å²) < 4.78 is 68.3. The van der Waals surface area contributed by atoms with Gasteiger partial charge in [-0.3, -0.25) is 24.2 Å². The Morgan fingerprint density at radius 2 is 1.79 bits per heavy atom. The number of likely N-dealkylation sites (tertiary alicyclic amines) is 1. The minimum absolute atomic E-state index is 0.0392. The number of fused-ring (bicyclic) bond motifs is 1. The number of rotatable bonds is 10. The third-order valence-corrected chi connectivity index (χ3v) is 10.3. The predicted molar refractivity (Wildman–Crippen MR) is 195 cm³/mol. The van der Waals surface area contributed by atoms with Gasteiger partial charge in [-0.15, -0.1) is 0 Å². The second-order valence-electron chi connectivity index (χ2n) is 13.7. The highest BCUT2D eigenvalue weighted by atomic mass is 19.4. The lowest BCUT2D eigenvalue weighted by Gasteiger charge is -2.38. The monoisotopic (exact) mass is 773 g/mol. The van der Waals surface area contributed by atoms with E-state index in [1.165, 1.54) is 44.8 Å². The summed E-state index contributed by atoms with van der Waals surface area (Å²) in [4.78, 5) is 48.0. The second kappa shape index (κ2) is 16.1. The molecule has 56 heavy (non-hydrogen) atoms. The highest BCUT2D eigenvalue weighted by Gasteiger charge is 2.48. The molecule has 0 spiro atoms. The number of nitriles is 1. The molecule has 0 saturated carbocycles. The lowest BCUT2D eigenvalue weighted by atomic mass is 9.80. The number of alkyl halides is 3. The molecule has 2 saturated heterocycles. The Kier molecular flexibility index (Phi) is 11.1. The van der Waals surface area contributed by atoms with Crippen molar-refractivity contribution in [3.63, 3.8) is 0 Å². The van der Waals surface area contributed by atoms with Crippen molar-refractivity contribution in [1.82, 2.24) is 24.9 Å². The van der Waals surface area contributed by atoms with Crippen molar-refractivity contribution in [2.75, 3.05) is 57.4 Å². The van der Waals surface area contributed by atoms with E-state index in [-0.39, 0.29) is 35.7 Å². The van der Waals surface area contributed by atoms with Crippen LogP contribution in [0.15, 0.2) is 72.8 Å². The number of hydrogen-bond donors (Lipinski definition) is 1. The molecule has 4 heterocycles. The van der Waals surface area contributed by atoms with Crippen LogP contribution < -0.4 is 15.0 Å². The maximum absolute atomic E-state index is 14.7. The number of amides is 3. The van der Waals surface area contributed by atoms with Gasteiger partial charge in [0.2, 0.25) is 0 Å². The van der Waals surface area contributed by atoms with E-state index in [1.807, 2.05) is 0 Å². The molecule has 0 radical (unpaired) electrons. The van der Waals surface area contributed by atoms with Gasteiger partial charge in [0.15, 0.2) is 5.69 Å².